The maximum absolute atomic E-state index is 12.9. The fourth-order valence-corrected chi connectivity index (χ4v) is 4.36. The van der Waals surface area contributed by atoms with Gasteiger partial charge in [0, 0.05) is 36.7 Å². The van der Waals surface area contributed by atoms with Gasteiger partial charge in [0.15, 0.2) is 0 Å². The highest BCUT2D eigenvalue weighted by atomic mass is 16.5. The lowest BCUT2D eigenvalue weighted by Crippen LogP contribution is -2.50. The van der Waals surface area contributed by atoms with Crippen molar-refractivity contribution in [1.29, 1.82) is 0 Å². The number of carbonyl (C=O) groups excluding carboxylic acids is 2. The normalized spacial score (nSPS) is 13.9. The maximum Gasteiger partial charge on any atom is 0.407 e. The topological polar surface area (TPSA) is 133 Å². The van der Waals surface area contributed by atoms with Gasteiger partial charge in [-0.2, -0.15) is 0 Å². The zero-order valence-corrected chi connectivity index (χ0v) is 19.4. The molecule has 1 unspecified atom stereocenters. The summed E-state index contributed by atoms with van der Waals surface area (Å²) in [7, 11) is 0. The number of carbonyl (C=O) groups is 3. The lowest BCUT2D eigenvalue weighted by Gasteiger charge is -2.21. The van der Waals surface area contributed by atoms with Crippen LogP contribution in [0.25, 0.3) is 11.1 Å². The Labute approximate surface area is 202 Å². The number of carboxylic acid groups (broad SMARTS) is 1. The van der Waals surface area contributed by atoms with E-state index >= 15 is 0 Å². The molecule has 0 saturated carbocycles. The molecule has 0 saturated heterocycles. The minimum absolute atomic E-state index is 0.0630. The number of alkyl carbamates (subject to hydrolysis) is 1. The van der Waals surface area contributed by atoms with E-state index in [-0.39, 0.29) is 37.8 Å². The average molecular weight is 477 g/mol. The van der Waals surface area contributed by atoms with Crippen LogP contribution in [0.4, 0.5) is 4.79 Å². The van der Waals surface area contributed by atoms with Crippen molar-refractivity contribution in [2.45, 2.75) is 44.2 Å². The highest BCUT2D eigenvalue weighted by Gasteiger charge is 2.30. The van der Waals surface area contributed by atoms with Gasteiger partial charge in [-0.25, -0.2) is 9.78 Å². The molecule has 2 amide bonds. The van der Waals surface area contributed by atoms with Crippen LogP contribution in [0.2, 0.25) is 0 Å². The van der Waals surface area contributed by atoms with E-state index in [1.165, 1.54) is 6.33 Å². The van der Waals surface area contributed by atoms with Crippen LogP contribution >= 0.6 is 0 Å². The molecule has 2 atom stereocenters. The van der Waals surface area contributed by atoms with Gasteiger partial charge in [-0.1, -0.05) is 48.5 Å². The maximum atomic E-state index is 12.9. The molecule has 9 nitrogen and oxygen atoms in total. The van der Waals surface area contributed by atoms with Crippen molar-refractivity contribution in [3.63, 3.8) is 0 Å². The van der Waals surface area contributed by atoms with Gasteiger partial charge in [0.05, 0.1) is 6.33 Å². The lowest BCUT2D eigenvalue weighted by molar-refractivity contribution is -0.137. The Morgan fingerprint density at radius 1 is 1.06 bits per heavy atom. The number of hydrogen-bond donors (Lipinski definition) is 4. The molecule has 2 aromatic carbocycles. The molecular weight excluding hydrogens is 448 g/mol. The molecular formula is C26H28N4O5. The highest BCUT2D eigenvalue weighted by molar-refractivity contribution is 5.86. The van der Waals surface area contributed by atoms with Crippen LogP contribution in [0.15, 0.2) is 61.1 Å². The SMILES string of the molecule is CC(CCC(=O)O)NC(=O)[C@@H](Cc1cnc[nH]1)NC(=O)OCC1c2ccccc2-c2ccccc21. The molecule has 0 radical (unpaired) electrons. The van der Waals surface area contributed by atoms with Crippen LogP contribution in [0, 0.1) is 0 Å². The monoisotopic (exact) mass is 476 g/mol. The second kappa shape index (κ2) is 10.9. The van der Waals surface area contributed by atoms with Crippen LogP contribution in [0.3, 0.4) is 0 Å². The number of aromatic nitrogens is 2. The molecule has 1 aliphatic rings. The molecule has 4 rings (SSSR count). The van der Waals surface area contributed by atoms with Gasteiger partial charge in [0.2, 0.25) is 5.91 Å². The fraction of sp³-hybridized carbons (Fsp3) is 0.308. The first kappa shape index (κ1) is 24.0. The summed E-state index contributed by atoms with van der Waals surface area (Å²) in [6, 6.07) is 14.8. The van der Waals surface area contributed by atoms with E-state index in [1.807, 2.05) is 36.4 Å². The minimum atomic E-state index is -0.933. The van der Waals surface area contributed by atoms with Gasteiger partial charge >= 0.3 is 12.1 Å². The molecule has 182 valence electrons. The first-order chi connectivity index (χ1) is 16.9. The van der Waals surface area contributed by atoms with Crippen molar-refractivity contribution in [2.24, 2.45) is 0 Å². The number of carboxylic acids is 1. The van der Waals surface area contributed by atoms with E-state index in [2.05, 4.69) is 32.7 Å². The standard InChI is InChI=1S/C26H28N4O5/c1-16(10-11-24(31)32)29-25(33)23(12-17-13-27-15-28-17)30-26(34)35-14-22-20-8-4-2-6-18(20)19-7-3-5-9-21(19)22/h2-9,13,15-16,22-23H,10-12,14H2,1H3,(H,27,28)(H,29,33)(H,30,34)(H,31,32)/t16?,23-/m1/s1. The number of nitrogens with one attached hydrogen (secondary N) is 3. The average Bonchev–Trinajstić information content (AvgIpc) is 3.47. The third-order valence-electron chi connectivity index (χ3n) is 6.11. The van der Waals surface area contributed by atoms with E-state index in [4.69, 9.17) is 9.84 Å². The number of rotatable bonds is 10. The first-order valence-corrected chi connectivity index (χ1v) is 11.5. The fourth-order valence-electron chi connectivity index (χ4n) is 4.36. The third-order valence-corrected chi connectivity index (χ3v) is 6.11. The number of imidazole rings is 1. The van der Waals surface area contributed by atoms with Crippen molar-refractivity contribution in [2.75, 3.05) is 6.61 Å². The molecule has 35 heavy (non-hydrogen) atoms. The molecule has 1 aliphatic carbocycles. The third kappa shape index (κ3) is 5.87. The van der Waals surface area contributed by atoms with Gasteiger partial charge in [0.1, 0.15) is 12.6 Å². The zero-order chi connectivity index (χ0) is 24.8. The lowest BCUT2D eigenvalue weighted by atomic mass is 9.98. The molecule has 0 aliphatic heterocycles. The number of fused-ring (bicyclic) bond motifs is 3. The van der Waals surface area contributed by atoms with E-state index in [1.54, 1.807) is 13.1 Å². The Bertz CT molecular complexity index is 1150. The van der Waals surface area contributed by atoms with E-state index in [0.717, 1.165) is 22.3 Å². The van der Waals surface area contributed by atoms with Gasteiger partial charge in [-0.15, -0.1) is 0 Å². The summed E-state index contributed by atoms with van der Waals surface area (Å²) < 4.78 is 5.59. The summed E-state index contributed by atoms with van der Waals surface area (Å²) in [5.41, 5.74) is 5.12. The van der Waals surface area contributed by atoms with Crippen molar-refractivity contribution >= 4 is 18.0 Å². The molecule has 0 bridgehead atoms. The van der Waals surface area contributed by atoms with E-state index < -0.39 is 24.0 Å². The smallest absolute Gasteiger partial charge is 0.407 e. The minimum Gasteiger partial charge on any atom is -0.481 e. The van der Waals surface area contributed by atoms with Crippen LogP contribution in [0.5, 0.6) is 0 Å². The van der Waals surface area contributed by atoms with Crippen molar-refractivity contribution in [3.05, 3.63) is 77.9 Å². The largest absolute Gasteiger partial charge is 0.481 e. The van der Waals surface area contributed by atoms with Gasteiger partial charge < -0.3 is 25.5 Å². The molecule has 9 heteroatoms. The summed E-state index contributed by atoms with van der Waals surface area (Å²) >= 11 is 0. The second-order valence-corrected chi connectivity index (χ2v) is 8.65. The Balaban J connectivity index is 1.41. The molecule has 0 spiro atoms. The number of nitrogens with zero attached hydrogens (tertiary/aromatic N) is 1. The predicted octanol–water partition coefficient (Wildman–Crippen LogP) is 3.23. The summed E-state index contributed by atoms with van der Waals surface area (Å²) in [5.74, 6) is -1.45. The predicted molar refractivity (Wildman–Crippen MR) is 129 cm³/mol. The van der Waals surface area contributed by atoms with Gasteiger partial charge in [-0.3, -0.25) is 9.59 Å². The molecule has 1 heterocycles. The van der Waals surface area contributed by atoms with Crippen LogP contribution < -0.4 is 10.6 Å². The van der Waals surface area contributed by atoms with E-state index in [0.29, 0.717) is 5.69 Å². The van der Waals surface area contributed by atoms with Crippen molar-refractivity contribution in [1.82, 2.24) is 20.6 Å². The number of amides is 2. The number of aliphatic carboxylic acids is 1. The molecule has 0 fully saturated rings. The Morgan fingerprint density at radius 3 is 2.31 bits per heavy atom. The number of ether oxygens (including phenoxy) is 1. The van der Waals surface area contributed by atoms with Crippen molar-refractivity contribution < 1.29 is 24.2 Å². The molecule has 1 aromatic heterocycles. The number of H-pyrrole nitrogens is 1. The Kier molecular flexibility index (Phi) is 7.45. The van der Waals surface area contributed by atoms with Crippen LogP contribution in [0.1, 0.15) is 42.5 Å². The van der Waals surface area contributed by atoms with Gasteiger partial charge in [-0.05, 0) is 35.6 Å². The summed E-state index contributed by atoms with van der Waals surface area (Å²) in [5, 5.41) is 14.3. The molecule has 4 N–H and O–H groups in total. The highest BCUT2D eigenvalue weighted by Crippen LogP contribution is 2.44. The quantitative estimate of drug-likeness (QED) is 0.355. The molecule has 3 aromatic rings. The van der Waals surface area contributed by atoms with Crippen LogP contribution in [-0.2, 0) is 20.7 Å². The Morgan fingerprint density at radius 2 is 1.71 bits per heavy atom. The van der Waals surface area contributed by atoms with Crippen molar-refractivity contribution in [3.8, 4) is 11.1 Å². The summed E-state index contributed by atoms with van der Waals surface area (Å²) in [4.78, 5) is 43.3. The number of benzene rings is 2. The second-order valence-electron chi connectivity index (χ2n) is 8.65. The van der Waals surface area contributed by atoms with Gasteiger partial charge in [0.25, 0.3) is 0 Å². The number of aromatic amines is 1. The van der Waals surface area contributed by atoms with E-state index in [9.17, 15) is 14.4 Å². The zero-order valence-electron chi connectivity index (χ0n) is 19.4. The first-order valence-electron chi connectivity index (χ1n) is 11.5. The Hall–Kier alpha value is -4.14. The van der Waals surface area contributed by atoms with Crippen LogP contribution in [-0.4, -0.2) is 51.7 Å². The summed E-state index contributed by atoms with van der Waals surface area (Å²) in [6.45, 7) is 1.86. The number of hydrogen-bond acceptors (Lipinski definition) is 5. The summed E-state index contributed by atoms with van der Waals surface area (Å²) in [6.07, 6.45) is 2.77.